The second kappa shape index (κ2) is 8.21. The molecule has 2 rings (SSSR count). The molecule has 2 atom stereocenters. The van der Waals surface area contributed by atoms with Gasteiger partial charge in [-0.15, -0.1) is 0 Å². The molecule has 1 aromatic rings. The molecule has 1 saturated carbocycles. The van der Waals surface area contributed by atoms with E-state index in [1.165, 1.54) is 19.3 Å². The van der Waals surface area contributed by atoms with Crippen molar-refractivity contribution in [2.24, 2.45) is 11.8 Å². The molecular formula is C19H28O2. The van der Waals surface area contributed by atoms with E-state index in [0.29, 0.717) is 11.7 Å². The number of carbonyl (C=O) groups is 1. The molecule has 2 heteroatoms. The topological polar surface area (TPSA) is 26.3 Å². The van der Waals surface area contributed by atoms with E-state index in [1.807, 2.05) is 24.3 Å². The molecule has 1 aliphatic carbocycles. The Morgan fingerprint density at radius 2 is 1.86 bits per heavy atom. The Labute approximate surface area is 128 Å². The molecular weight excluding hydrogens is 260 g/mol. The lowest BCUT2D eigenvalue weighted by atomic mass is 9.74. The van der Waals surface area contributed by atoms with Crippen LogP contribution in [0.1, 0.15) is 69.2 Å². The summed E-state index contributed by atoms with van der Waals surface area (Å²) in [7, 11) is 0. The molecule has 0 amide bonds. The van der Waals surface area contributed by atoms with Gasteiger partial charge < -0.3 is 4.74 Å². The summed E-state index contributed by atoms with van der Waals surface area (Å²) in [5, 5.41) is 0. The Hall–Kier alpha value is -1.31. The van der Waals surface area contributed by atoms with Crippen molar-refractivity contribution in [3.63, 3.8) is 0 Å². The minimum atomic E-state index is 0.232. The molecule has 0 N–H and O–H groups in total. The average Bonchev–Trinajstić information content (AvgIpc) is 2.55. The van der Waals surface area contributed by atoms with Crippen molar-refractivity contribution in [2.75, 3.05) is 6.61 Å². The number of rotatable bonds is 7. The smallest absolute Gasteiger partial charge is 0.166 e. The van der Waals surface area contributed by atoms with E-state index in [-0.39, 0.29) is 5.92 Å². The fraction of sp³-hybridized carbons (Fsp3) is 0.632. The summed E-state index contributed by atoms with van der Waals surface area (Å²) in [5.74, 6) is 2.01. The maximum absolute atomic E-state index is 12.7. The highest BCUT2D eigenvalue weighted by molar-refractivity contribution is 5.98. The molecule has 2 nitrogen and oxygen atoms in total. The summed E-state index contributed by atoms with van der Waals surface area (Å²) in [6, 6.07) is 7.75. The third-order valence-corrected chi connectivity index (χ3v) is 4.68. The van der Waals surface area contributed by atoms with Gasteiger partial charge in [0.05, 0.1) is 6.61 Å². The number of hydrogen-bond donors (Lipinski definition) is 0. The largest absolute Gasteiger partial charge is 0.494 e. The standard InChI is InChI=1S/C19H28O2/c1-3-5-14-21-17-12-10-16(11-13-17)19(20)18-9-7-6-8-15(18)4-2/h10-13,15,18H,3-9,14H2,1-2H3. The zero-order valence-electron chi connectivity index (χ0n) is 13.4. The second-order valence-electron chi connectivity index (χ2n) is 6.15. The fourth-order valence-electron chi connectivity index (χ4n) is 3.31. The third-order valence-electron chi connectivity index (χ3n) is 4.68. The van der Waals surface area contributed by atoms with Crippen molar-refractivity contribution in [1.82, 2.24) is 0 Å². The summed E-state index contributed by atoms with van der Waals surface area (Å²) in [4.78, 5) is 12.7. The molecule has 0 radical (unpaired) electrons. The first kappa shape index (κ1) is 16.1. The maximum Gasteiger partial charge on any atom is 0.166 e. The SMILES string of the molecule is CCCCOc1ccc(C(=O)C2CCCCC2CC)cc1. The van der Waals surface area contributed by atoms with Crippen LogP contribution in [0, 0.1) is 11.8 Å². The van der Waals surface area contributed by atoms with Gasteiger partial charge in [0, 0.05) is 11.5 Å². The van der Waals surface area contributed by atoms with Gasteiger partial charge in [0.1, 0.15) is 5.75 Å². The minimum Gasteiger partial charge on any atom is -0.494 e. The van der Waals surface area contributed by atoms with Crippen LogP contribution in [0.25, 0.3) is 0 Å². The van der Waals surface area contributed by atoms with E-state index < -0.39 is 0 Å². The average molecular weight is 288 g/mol. The first-order chi connectivity index (χ1) is 10.3. The summed E-state index contributed by atoms with van der Waals surface area (Å²) in [6.45, 7) is 5.12. The molecule has 0 heterocycles. The number of unbranched alkanes of at least 4 members (excludes halogenated alkanes) is 1. The van der Waals surface area contributed by atoms with Crippen molar-refractivity contribution < 1.29 is 9.53 Å². The quantitative estimate of drug-likeness (QED) is 0.505. The lowest BCUT2D eigenvalue weighted by molar-refractivity contribution is 0.0820. The van der Waals surface area contributed by atoms with Crippen molar-refractivity contribution >= 4 is 5.78 Å². The summed E-state index contributed by atoms with van der Waals surface area (Å²) in [5.41, 5.74) is 0.850. The Bertz CT molecular complexity index is 435. The summed E-state index contributed by atoms with van der Waals surface area (Å²) in [6.07, 6.45) is 8.08. The molecule has 0 bridgehead atoms. The molecule has 0 saturated heterocycles. The Morgan fingerprint density at radius 1 is 1.14 bits per heavy atom. The monoisotopic (exact) mass is 288 g/mol. The van der Waals surface area contributed by atoms with Crippen molar-refractivity contribution in [3.05, 3.63) is 29.8 Å². The van der Waals surface area contributed by atoms with E-state index in [0.717, 1.165) is 43.6 Å². The number of carbonyl (C=O) groups excluding carboxylic acids is 1. The maximum atomic E-state index is 12.7. The number of hydrogen-bond acceptors (Lipinski definition) is 2. The highest BCUT2D eigenvalue weighted by Gasteiger charge is 2.30. The van der Waals surface area contributed by atoms with Gasteiger partial charge in [0.15, 0.2) is 5.78 Å². The van der Waals surface area contributed by atoms with Gasteiger partial charge in [-0.05, 0) is 49.4 Å². The van der Waals surface area contributed by atoms with Gasteiger partial charge in [0.25, 0.3) is 0 Å². The van der Waals surface area contributed by atoms with Crippen LogP contribution in [-0.4, -0.2) is 12.4 Å². The van der Waals surface area contributed by atoms with Gasteiger partial charge in [-0.3, -0.25) is 4.79 Å². The van der Waals surface area contributed by atoms with E-state index in [4.69, 9.17) is 4.74 Å². The van der Waals surface area contributed by atoms with Crippen LogP contribution in [-0.2, 0) is 0 Å². The highest BCUT2D eigenvalue weighted by Crippen LogP contribution is 2.34. The molecule has 1 aromatic carbocycles. The zero-order valence-corrected chi connectivity index (χ0v) is 13.4. The van der Waals surface area contributed by atoms with E-state index in [1.54, 1.807) is 0 Å². The van der Waals surface area contributed by atoms with E-state index >= 15 is 0 Å². The first-order valence-electron chi connectivity index (χ1n) is 8.53. The lowest BCUT2D eigenvalue weighted by Gasteiger charge is -2.29. The first-order valence-corrected chi connectivity index (χ1v) is 8.53. The second-order valence-corrected chi connectivity index (χ2v) is 6.15. The summed E-state index contributed by atoms with van der Waals surface area (Å²) >= 11 is 0. The molecule has 1 aliphatic rings. The molecule has 0 spiro atoms. The third kappa shape index (κ3) is 4.33. The van der Waals surface area contributed by atoms with Crippen molar-refractivity contribution in [3.8, 4) is 5.75 Å². The minimum absolute atomic E-state index is 0.232. The van der Waals surface area contributed by atoms with Crippen LogP contribution in [0.4, 0.5) is 0 Å². The Balaban J connectivity index is 1.98. The lowest BCUT2D eigenvalue weighted by Crippen LogP contribution is -2.26. The number of benzene rings is 1. The number of ether oxygens (including phenoxy) is 1. The highest BCUT2D eigenvalue weighted by atomic mass is 16.5. The normalized spacial score (nSPS) is 22.0. The van der Waals surface area contributed by atoms with E-state index in [9.17, 15) is 4.79 Å². The molecule has 1 fully saturated rings. The van der Waals surface area contributed by atoms with Crippen LogP contribution in [0.2, 0.25) is 0 Å². The Kier molecular flexibility index (Phi) is 6.28. The van der Waals surface area contributed by atoms with Crippen LogP contribution < -0.4 is 4.74 Å². The van der Waals surface area contributed by atoms with E-state index in [2.05, 4.69) is 13.8 Å². The molecule has 116 valence electrons. The van der Waals surface area contributed by atoms with Gasteiger partial charge in [0.2, 0.25) is 0 Å². The molecule has 0 aliphatic heterocycles. The van der Waals surface area contributed by atoms with Crippen LogP contribution >= 0.6 is 0 Å². The summed E-state index contributed by atoms with van der Waals surface area (Å²) < 4.78 is 5.66. The van der Waals surface area contributed by atoms with Crippen LogP contribution in [0.15, 0.2) is 24.3 Å². The van der Waals surface area contributed by atoms with Crippen LogP contribution in [0.3, 0.4) is 0 Å². The molecule has 0 aromatic heterocycles. The van der Waals surface area contributed by atoms with Crippen LogP contribution in [0.5, 0.6) is 5.75 Å². The van der Waals surface area contributed by atoms with Gasteiger partial charge in [-0.2, -0.15) is 0 Å². The molecule has 21 heavy (non-hydrogen) atoms. The fourth-order valence-corrected chi connectivity index (χ4v) is 3.31. The van der Waals surface area contributed by atoms with Crippen molar-refractivity contribution in [1.29, 1.82) is 0 Å². The van der Waals surface area contributed by atoms with Gasteiger partial charge >= 0.3 is 0 Å². The zero-order chi connectivity index (χ0) is 15.1. The molecule has 2 unspecified atom stereocenters. The predicted octanol–water partition coefficient (Wildman–Crippen LogP) is 5.26. The Morgan fingerprint density at radius 3 is 2.52 bits per heavy atom. The predicted molar refractivity (Wildman–Crippen MR) is 86.9 cm³/mol. The van der Waals surface area contributed by atoms with Gasteiger partial charge in [-0.1, -0.05) is 39.5 Å². The van der Waals surface area contributed by atoms with Crippen molar-refractivity contribution in [2.45, 2.75) is 58.8 Å². The van der Waals surface area contributed by atoms with Gasteiger partial charge in [-0.25, -0.2) is 0 Å². The number of ketones is 1. The number of Topliss-reactive ketones (excluding diaryl/α,β-unsaturated/α-hetero) is 1.